The number of nitrogens with zero attached hydrogens (tertiary/aromatic N) is 1. The molecule has 0 bridgehead atoms. The summed E-state index contributed by atoms with van der Waals surface area (Å²) in [5, 5.41) is 9.99. The van der Waals surface area contributed by atoms with E-state index in [9.17, 15) is 31.5 Å². The van der Waals surface area contributed by atoms with Crippen molar-refractivity contribution in [3.05, 3.63) is 101 Å². The summed E-state index contributed by atoms with van der Waals surface area (Å²) >= 11 is 0. The first kappa shape index (κ1) is 32.7. The second kappa shape index (κ2) is 14.4. The van der Waals surface area contributed by atoms with Crippen LogP contribution in [0.1, 0.15) is 69.1 Å². The first-order valence-electron chi connectivity index (χ1n) is 13.7. The quantitative estimate of drug-likeness (QED) is 0.244. The number of nitrogens with one attached hydrogen (secondary N) is 1. The Morgan fingerprint density at radius 1 is 1.05 bits per heavy atom. The number of aromatic nitrogens is 1. The SMILES string of the molecule is CCCC1CC(O)=C([C@H](CC)c2cccc(NS(=O)(=O)c3ccc(C(F)(F)F)cn3)c2)C(=O)O1.CCc1ccccc1. The maximum Gasteiger partial charge on any atom is 0.417 e. The third kappa shape index (κ3) is 8.58. The van der Waals surface area contributed by atoms with Crippen LogP contribution < -0.4 is 4.72 Å². The van der Waals surface area contributed by atoms with Crippen molar-refractivity contribution in [3.63, 3.8) is 0 Å². The maximum atomic E-state index is 12.7. The van der Waals surface area contributed by atoms with Gasteiger partial charge in [0.25, 0.3) is 10.0 Å². The standard InChI is InChI=1S/C23H25F3N2O5S.C8H10/c1-3-6-17-12-19(29)21(22(30)33-17)18(4-2)14-7-5-8-16(11-14)28-34(31,32)20-10-9-15(13-27-20)23(24,25)26;1-2-8-6-4-3-5-7-8/h5,7-11,13,17-18,28-29H,3-4,6,12H2,1-2H3;3-7H,2H2,1H3/t17?,18-;/m1./s1. The van der Waals surface area contributed by atoms with Gasteiger partial charge in [-0.15, -0.1) is 0 Å². The van der Waals surface area contributed by atoms with Gasteiger partial charge in [0, 0.05) is 24.2 Å². The molecule has 0 fully saturated rings. The molecule has 0 aliphatic carbocycles. The lowest BCUT2D eigenvalue weighted by Crippen LogP contribution is -2.29. The molecule has 11 heteroatoms. The van der Waals surface area contributed by atoms with Gasteiger partial charge < -0.3 is 9.84 Å². The van der Waals surface area contributed by atoms with Crippen LogP contribution >= 0.6 is 0 Å². The number of aliphatic hydroxyl groups excluding tert-OH is 1. The number of carbonyl (C=O) groups is 1. The van der Waals surface area contributed by atoms with E-state index >= 15 is 0 Å². The number of aliphatic hydroxyl groups is 1. The zero-order chi connectivity index (χ0) is 30.9. The Bertz CT molecular complexity index is 1470. The molecular formula is C31H35F3N2O5S. The Balaban J connectivity index is 0.000000521. The molecule has 0 saturated heterocycles. The van der Waals surface area contributed by atoms with Crippen LogP contribution in [-0.4, -0.2) is 30.6 Å². The second-order valence-corrected chi connectivity index (χ2v) is 11.4. The summed E-state index contributed by atoms with van der Waals surface area (Å²) in [6.07, 6.45) is -1.34. The van der Waals surface area contributed by atoms with Gasteiger partial charge in [-0.25, -0.2) is 9.78 Å². The molecule has 2 aromatic carbocycles. The van der Waals surface area contributed by atoms with E-state index in [1.54, 1.807) is 12.1 Å². The summed E-state index contributed by atoms with van der Waals surface area (Å²) in [6.45, 7) is 5.93. The molecule has 2 heterocycles. The topological polar surface area (TPSA) is 106 Å². The van der Waals surface area contributed by atoms with Crippen LogP contribution in [0.2, 0.25) is 0 Å². The van der Waals surface area contributed by atoms with Gasteiger partial charge in [0.05, 0.1) is 11.1 Å². The molecule has 0 amide bonds. The number of cyclic esters (lactones) is 1. The van der Waals surface area contributed by atoms with Crippen LogP contribution in [0.4, 0.5) is 18.9 Å². The molecule has 4 rings (SSSR count). The molecule has 42 heavy (non-hydrogen) atoms. The van der Waals surface area contributed by atoms with Crippen LogP contribution in [0.5, 0.6) is 0 Å². The molecular weight excluding hydrogens is 569 g/mol. The number of anilines is 1. The smallest absolute Gasteiger partial charge is 0.417 e. The van der Waals surface area contributed by atoms with Gasteiger partial charge in [-0.3, -0.25) is 4.72 Å². The van der Waals surface area contributed by atoms with E-state index in [0.717, 1.165) is 18.9 Å². The average Bonchev–Trinajstić information content (AvgIpc) is 2.95. The third-order valence-electron chi connectivity index (χ3n) is 6.72. The van der Waals surface area contributed by atoms with E-state index in [1.165, 1.54) is 17.7 Å². The minimum absolute atomic E-state index is 0.0403. The second-order valence-electron chi connectivity index (χ2n) is 9.79. The highest BCUT2D eigenvalue weighted by Gasteiger charge is 2.34. The monoisotopic (exact) mass is 604 g/mol. The summed E-state index contributed by atoms with van der Waals surface area (Å²) in [5.74, 6) is -1.18. The fourth-order valence-electron chi connectivity index (χ4n) is 4.58. The van der Waals surface area contributed by atoms with Gasteiger partial charge >= 0.3 is 12.1 Å². The Labute approximate surface area is 244 Å². The number of hydrogen-bond donors (Lipinski definition) is 2. The number of benzene rings is 2. The largest absolute Gasteiger partial charge is 0.512 e. The molecule has 0 radical (unpaired) electrons. The normalized spacial score (nSPS) is 16.2. The van der Waals surface area contributed by atoms with Crippen LogP contribution in [0.15, 0.2) is 89.3 Å². The number of halogens is 3. The molecule has 226 valence electrons. The molecule has 1 aromatic heterocycles. The number of aryl methyl sites for hydroxylation is 1. The number of rotatable bonds is 9. The fraction of sp³-hybridized carbons (Fsp3) is 0.355. The van der Waals surface area contributed by atoms with E-state index in [2.05, 4.69) is 40.9 Å². The lowest BCUT2D eigenvalue weighted by molar-refractivity contribution is -0.147. The predicted octanol–water partition coefficient (Wildman–Crippen LogP) is 7.57. The molecule has 7 nitrogen and oxygen atoms in total. The highest BCUT2D eigenvalue weighted by atomic mass is 32.2. The summed E-state index contributed by atoms with van der Waals surface area (Å²) in [6, 6.07) is 18.1. The van der Waals surface area contributed by atoms with E-state index in [0.29, 0.717) is 30.7 Å². The summed E-state index contributed by atoms with van der Waals surface area (Å²) in [5.41, 5.74) is 1.18. The number of sulfonamides is 1. The minimum Gasteiger partial charge on any atom is -0.512 e. The van der Waals surface area contributed by atoms with E-state index in [4.69, 9.17) is 4.74 Å². The number of esters is 1. The first-order valence-corrected chi connectivity index (χ1v) is 15.2. The fourth-order valence-corrected chi connectivity index (χ4v) is 5.56. The van der Waals surface area contributed by atoms with Gasteiger partial charge in [-0.05, 0) is 54.7 Å². The van der Waals surface area contributed by atoms with Crippen LogP contribution in [0.3, 0.4) is 0 Å². The van der Waals surface area contributed by atoms with Crippen molar-refractivity contribution in [2.24, 2.45) is 0 Å². The molecule has 0 spiro atoms. The summed E-state index contributed by atoms with van der Waals surface area (Å²) in [7, 11) is -4.27. The van der Waals surface area contributed by atoms with Crippen LogP contribution in [0, 0.1) is 0 Å². The van der Waals surface area contributed by atoms with Gasteiger partial charge in [0.15, 0.2) is 5.03 Å². The zero-order valence-electron chi connectivity index (χ0n) is 23.7. The summed E-state index contributed by atoms with van der Waals surface area (Å²) < 4.78 is 71.2. The van der Waals surface area contributed by atoms with Crippen LogP contribution in [-0.2, 0) is 32.2 Å². The molecule has 3 aromatic rings. The molecule has 0 saturated carbocycles. The highest BCUT2D eigenvalue weighted by Crippen LogP contribution is 2.36. The Hall–Kier alpha value is -3.86. The van der Waals surface area contributed by atoms with Gasteiger partial charge in [-0.2, -0.15) is 21.6 Å². The Morgan fingerprint density at radius 3 is 2.29 bits per heavy atom. The number of hydrogen-bond acceptors (Lipinski definition) is 6. The van der Waals surface area contributed by atoms with Gasteiger partial charge in [0.2, 0.25) is 0 Å². The Kier molecular flexibility index (Phi) is 11.2. The van der Waals surface area contributed by atoms with Crippen molar-refractivity contribution in [2.45, 2.75) is 76.1 Å². The number of pyridine rings is 1. The van der Waals surface area contributed by atoms with E-state index < -0.39 is 38.7 Å². The minimum atomic E-state index is -4.64. The van der Waals surface area contributed by atoms with Crippen molar-refractivity contribution >= 4 is 21.7 Å². The van der Waals surface area contributed by atoms with Gasteiger partial charge in [0.1, 0.15) is 11.9 Å². The van der Waals surface area contributed by atoms with Crippen molar-refractivity contribution in [1.29, 1.82) is 0 Å². The lowest BCUT2D eigenvalue weighted by atomic mass is 9.85. The van der Waals surface area contributed by atoms with E-state index in [-0.39, 0.29) is 29.5 Å². The molecule has 1 aliphatic heterocycles. The van der Waals surface area contributed by atoms with Crippen molar-refractivity contribution in [1.82, 2.24) is 4.98 Å². The lowest BCUT2D eigenvalue weighted by Gasteiger charge is -2.28. The molecule has 2 atom stereocenters. The first-order chi connectivity index (χ1) is 19.9. The van der Waals surface area contributed by atoms with Crippen molar-refractivity contribution in [2.75, 3.05) is 4.72 Å². The molecule has 1 unspecified atom stereocenters. The number of ether oxygens (including phenoxy) is 1. The average molecular weight is 605 g/mol. The predicted molar refractivity (Wildman–Crippen MR) is 154 cm³/mol. The maximum absolute atomic E-state index is 12.7. The zero-order valence-corrected chi connectivity index (χ0v) is 24.5. The van der Waals surface area contributed by atoms with E-state index in [1.807, 2.05) is 19.9 Å². The number of alkyl halides is 3. The van der Waals surface area contributed by atoms with Crippen LogP contribution in [0.25, 0.3) is 0 Å². The van der Waals surface area contributed by atoms with Crippen molar-refractivity contribution in [3.8, 4) is 0 Å². The van der Waals surface area contributed by atoms with Gasteiger partial charge in [-0.1, -0.05) is 69.7 Å². The molecule has 1 aliphatic rings. The number of carbonyl (C=O) groups excluding carboxylic acids is 1. The third-order valence-corrected chi connectivity index (χ3v) is 8.02. The Morgan fingerprint density at radius 2 is 1.76 bits per heavy atom. The molecule has 2 N–H and O–H groups in total. The highest BCUT2D eigenvalue weighted by molar-refractivity contribution is 7.92. The summed E-state index contributed by atoms with van der Waals surface area (Å²) in [4.78, 5) is 16.1. The van der Waals surface area contributed by atoms with Crippen molar-refractivity contribution < 1.29 is 36.2 Å².